The molecule has 0 saturated heterocycles. The van der Waals surface area contributed by atoms with E-state index in [0.717, 1.165) is 5.69 Å². The van der Waals surface area contributed by atoms with Crippen molar-refractivity contribution in [2.75, 3.05) is 14.1 Å². The molecule has 1 N–H and O–H groups in total. The van der Waals surface area contributed by atoms with Gasteiger partial charge in [0.1, 0.15) is 14.8 Å². The fourth-order valence-corrected chi connectivity index (χ4v) is 2.37. The highest BCUT2D eigenvalue weighted by Gasteiger charge is 2.15. The molecule has 1 unspecified atom stereocenters. The van der Waals surface area contributed by atoms with Gasteiger partial charge in [-0.25, -0.2) is 13.3 Å². The minimum absolute atomic E-state index is 0.653. The topological polar surface area (TPSA) is 59.3 Å². The van der Waals surface area contributed by atoms with E-state index in [1.807, 2.05) is 14.0 Å². The van der Waals surface area contributed by atoms with Crippen LogP contribution in [0.2, 0.25) is 0 Å². The summed E-state index contributed by atoms with van der Waals surface area (Å²) in [6, 6.07) is 0. The van der Waals surface area contributed by atoms with Crippen LogP contribution < -0.4 is 4.72 Å². The molecule has 74 valence electrons. The highest BCUT2D eigenvalue weighted by atomic mass is 32.2. The summed E-state index contributed by atoms with van der Waals surface area (Å²) in [5, 5.41) is 4.02. The van der Waals surface area contributed by atoms with E-state index in [4.69, 9.17) is 0 Å². The molecule has 0 aromatic carbocycles. The molecule has 0 aliphatic heterocycles. The summed E-state index contributed by atoms with van der Waals surface area (Å²) in [6.45, 7) is 1.87. The Bertz CT molecular complexity index is 414. The largest absolute Gasteiger partial charge is 0.272 e. The van der Waals surface area contributed by atoms with Crippen LogP contribution >= 0.6 is 0 Å². The van der Waals surface area contributed by atoms with E-state index in [0.29, 0.717) is 4.90 Å². The van der Waals surface area contributed by atoms with E-state index in [1.165, 1.54) is 7.05 Å². The molecular formula is C7H14N4OS. The fraction of sp³-hybridized carbons (Fsp3) is 0.571. The summed E-state index contributed by atoms with van der Waals surface area (Å²) in [6.07, 6.45) is 1.58. The predicted molar refractivity (Wildman–Crippen MR) is 51.8 cm³/mol. The van der Waals surface area contributed by atoms with Gasteiger partial charge in [-0.05, 0) is 14.0 Å². The quantitative estimate of drug-likeness (QED) is 0.750. The Morgan fingerprint density at radius 1 is 1.69 bits per heavy atom. The van der Waals surface area contributed by atoms with Crippen LogP contribution in [0, 0.1) is 6.92 Å². The maximum Gasteiger partial charge on any atom is 0.140 e. The second-order valence-electron chi connectivity index (χ2n) is 2.63. The van der Waals surface area contributed by atoms with Crippen molar-refractivity contribution in [3.63, 3.8) is 0 Å². The number of hydrogen-bond acceptors (Lipinski definition) is 3. The molecule has 1 aromatic heterocycles. The van der Waals surface area contributed by atoms with Crippen LogP contribution in [-0.2, 0) is 17.0 Å². The van der Waals surface area contributed by atoms with Crippen molar-refractivity contribution < 1.29 is 4.21 Å². The number of nitrogens with one attached hydrogen (secondary N) is 1. The van der Waals surface area contributed by atoms with E-state index < -0.39 is 9.92 Å². The van der Waals surface area contributed by atoms with Gasteiger partial charge in [0, 0.05) is 14.1 Å². The molecule has 0 amide bonds. The average Bonchev–Trinajstić information content (AvgIpc) is 2.47. The lowest BCUT2D eigenvalue weighted by atomic mass is 10.5. The molecule has 0 spiro atoms. The maximum absolute atomic E-state index is 12.0. The van der Waals surface area contributed by atoms with Gasteiger partial charge in [-0.2, -0.15) is 5.10 Å². The van der Waals surface area contributed by atoms with Gasteiger partial charge in [0.15, 0.2) is 0 Å². The lowest BCUT2D eigenvalue weighted by molar-refractivity contribution is 0.668. The fourth-order valence-electron chi connectivity index (χ4n) is 1.05. The molecule has 6 heteroatoms. The van der Waals surface area contributed by atoms with Gasteiger partial charge in [0.25, 0.3) is 0 Å². The van der Waals surface area contributed by atoms with E-state index in [9.17, 15) is 4.21 Å². The first kappa shape index (κ1) is 10.2. The van der Waals surface area contributed by atoms with E-state index >= 15 is 0 Å². The van der Waals surface area contributed by atoms with Crippen LogP contribution in [0.3, 0.4) is 0 Å². The van der Waals surface area contributed by atoms with Crippen molar-refractivity contribution in [3.8, 4) is 0 Å². The number of hydrogen-bond donors (Lipinski definition) is 1. The molecule has 0 saturated carbocycles. The molecule has 0 bridgehead atoms. The Labute approximate surface area is 78.5 Å². The van der Waals surface area contributed by atoms with E-state index in [2.05, 4.69) is 14.2 Å². The molecule has 1 rings (SSSR count). The van der Waals surface area contributed by atoms with Gasteiger partial charge < -0.3 is 0 Å². The second kappa shape index (κ2) is 3.47. The van der Waals surface area contributed by atoms with Crippen molar-refractivity contribution in [2.45, 2.75) is 11.8 Å². The van der Waals surface area contributed by atoms with Crippen LogP contribution in [0.15, 0.2) is 15.5 Å². The Kier molecular flexibility index (Phi) is 2.72. The number of nitrogens with zero attached hydrogens (tertiary/aromatic N) is 3. The van der Waals surface area contributed by atoms with Crippen molar-refractivity contribution in [1.29, 1.82) is 0 Å². The van der Waals surface area contributed by atoms with Gasteiger partial charge in [0.2, 0.25) is 0 Å². The monoisotopic (exact) mass is 202 g/mol. The van der Waals surface area contributed by atoms with Gasteiger partial charge in [-0.3, -0.25) is 4.68 Å². The summed E-state index contributed by atoms with van der Waals surface area (Å²) < 4.78 is 20.3. The molecule has 1 atom stereocenters. The number of rotatable bonds is 2. The van der Waals surface area contributed by atoms with Crippen molar-refractivity contribution in [1.82, 2.24) is 14.5 Å². The van der Waals surface area contributed by atoms with E-state index in [1.54, 1.807) is 17.9 Å². The molecule has 5 nitrogen and oxygen atoms in total. The minimum atomic E-state index is -2.46. The first-order chi connectivity index (χ1) is 6.05. The highest BCUT2D eigenvalue weighted by molar-refractivity contribution is 7.91. The molecule has 1 aromatic rings. The summed E-state index contributed by atoms with van der Waals surface area (Å²) in [5.74, 6) is 0. The zero-order valence-corrected chi connectivity index (χ0v) is 9.05. The SMILES string of the molecule is CN=S(=O)(NC)c1cnn(C)c1C. The standard InChI is InChI=1S/C7H14N4OS/c1-6-7(5-10-11(6)4)13(12,8-2)9-3/h5H,1-4H3,(H,8,9,12). The van der Waals surface area contributed by atoms with Crippen molar-refractivity contribution in [3.05, 3.63) is 11.9 Å². The Hall–Kier alpha value is -0.880. The van der Waals surface area contributed by atoms with Crippen molar-refractivity contribution in [2.24, 2.45) is 11.4 Å². The van der Waals surface area contributed by atoms with Crippen LogP contribution in [0.5, 0.6) is 0 Å². The zero-order chi connectivity index (χ0) is 10.1. The molecule has 1 heterocycles. The van der Waals surface area contributed by atoms with Gasteiger partial charge in [0.05, 0.1) is 11.9 Å². The molecule has 0 aliphatic carbocycles. The first-order valence-corrected chi connectivity index (χ1v) is 5.39. The van der Waals surface area contributed by atoms with Crippen LogP contribution in [0.4, 0.5) is 0 Å². The van der Waals surface area contributed by atoms with Gasteiger partial charge >= 0.3 is 0 Å². The lowest BCUT2D eigenvalue weighted by Gasteiger charge is -2.06. The Balaban J connectivity index is 3.39. The molecule has 13 heavy (non-hydrogen) atoms. The average molecular weight is 202 g/mol. The van der Waals surface area contributed by atoms with Gasteiger partial charge in [-0.1, -0.05) is 0 Å². The molecule has 0 aliphatic rings. The third kappa shape index (κ3) is 1.59. The lowest BCUT2D eigenvalue weighted by Crippen LogP contribution is -2.19. The molecule has 0 fully saturated rings. The second-order valence-corrected chi connectivity index (χ2v) is 4.90. The van der Waals surface area contributed by atoms with Crippen LogP contribution in [-0.4, -0.2) is 28.1 Å². The zero-order valence-electron chi connectivity index (χ0n) is 8.24. The summed E-state index contributed by atoms with van der Waals surface area (Å²) in [7, 11) is 2.51. The Morgan fingerprint density at radius 3 is 2.62 bits per heavy atom. The van der Waals surface area contributed by atoms with E-state index in [-0.39, 0.29) is 0 Å². The summed E-state index contributed by atoms with van der Waals surface area (Å²) >= 11 is 0. The number of aryl methyl sites for hydroxylation is 1. The van der Waals surface area contributed by atoms with Crippen LogP contribution in [0.25, 0.3) is 0 Å². The van der Waals surface area contributed by atoms with Gasteiger partial charge in [-0.15, -0.1) is 0 Å². The third-order valence-electron chi connectivity index (χ3n) is 2.02. The molecule has 0 radical (unpaired) electrons. The maximum atomic E-state index is 12.0. The number of aromatic nitrogens is 2. The predicted octanol–water partition coefficient (Wildman–Crippen LogP) is 0.320. The third-order valence-corrected chi connectivity index (χ3v) is 4.09. The highest BCUT2D eigenvalue weighted by Crippen LogP contribution is 2.14. The summed E-state index contributed by atoms with van der Waals surface area (Å²) in [5.41, 5.74) is 0.866. The first-order valence-electron chi connectivity index (χ1n) is 3.87. The van der Waals surface area contributed by atoms with Crippen molar-refractivity contribution >= 4 is 9.92 Å². The smallest absolute Gasteiger partial charge is 0.140 e. The summed E-state index contributed by atoms with van der Waals surface area (Å²) in [4.78, 5) is 0.653. The Morgan fingerprint density at radius 2 is 2.31 bits per heavy atom. The normalized spacial score (nSPS) is 15.4. The molecular weight excluding hydrogens is 188 g/mol. The minimum Gasteiger partial charge on any atom is -0.272 e. The van der Waals surface area contributed by atoms with Crippen LogP contribution in [0.1, 0.15) is 5.69 Å².